The summed E-state index contributed by atoms with van der Waals surface area (Å²) in [6.45, 7) is 11.2. The van der Waals surface area contributed by atoms with Crippen molar-refractivity contribution in [1.29, 1.82) is 0 Å². The second-order valence-electron chi connectivity index (χ2n) is 4.97. The molecule has 1 aliphatic heterocycles. The normalized spacial score (nSPS) is 17.5. The van der Waals surface area contributed by atoms with E-state index >= 15 is 0 Å². The molecule has 2 heterocycles. The molecular formula is C12H20N2S. The summed E-state index contributed by atoms with van der Waals surface area (Å²) in [5.41, 5.74) is 1.33. The number of hydrogen-bond donors (Lipinski definition) is 1. The molecule has 15 heavy (non-hydrogen) atoms. The predicted octanol–water partition coefficient (Wildman–Crippen LogP) is 3.08. The van der Waals surface area contributed by atoms with E-state index in [1.54, 1.807) is 0 Å². The van der Waals surface area contributed by atoms with Gasteiger partial charge >= 0.3 is 0 Å². The highest BCUT2D eigenvalue weighted by atomic mass is 32.1. The fourth-order valence-electron chi connectivity index (χ4n) is 1.83. The standard InChI is InChI=1S/C12H20N2S/c1-7(2)10-11(8(3)4)15-12(14-10)9-5-13-6-9/h7-9,13H,5-6H2,1-4H3. The van der Waals surface area contributed by atoms with Crippen LogP contribution in [0.5, 0.6) is 0 Å². The number of hydrogen-bond acceptors (Lipinski definition) is 3. The van der Waals surface area contributed by atoms with Gasteiger partial charge < -0.3 is 5.32 Å². The average molecular weight is 224 g/mol. The van der Waals surface area contributed by atoms with Crippen LogP contribution in [-0.2, 0) is 0 Å². The molecular weight excluding hydrogens is 204 g/mol. The molecule has 2 nitrogen and oxygen atoms in total. The molecule has 0 saturated carbocycles. The largest absolute Gasteiger partial charge is 0.315 e. The van der Waals surface area contributed by atoms with Gasteiger partial charge in [0.1, 0.15) is 0 Å². The minimum absolute atomic E-state index is 0.556. The number of rotatable bonds is 3. The van der Waals surface area contributed by atoms with Crippen LogP contribution in [0, 0.1) is 0 Å². The zero-order valence-corrected chi connectivity index (χ0v) is 10.8. The van der Waals surface area contributed by atoms with Crippen molar-refractivity contribution in [3.8, 4) is 0 Å². The predicted molar refractivity (Wildman–Crippen MR) is 65.9 cm³/mol. The smallest absolute Gasteiger partial charge is 0.0987 e. The Morgan fingerprint density at radius 1 is 1.20 bits per heavy atom. The van der Waals surface area contributed by atoms with E-state index in [0.717, 1.165) is 13.1 Å². The highest BCUT2D eigenvalue weighted by Gasteiger charge is 2.25. The van der Waals surface area contributed by atoms with Gasteiger partial charge in [0.2, 0.25) is 0 Å². The second kappa shape index (κ2) is 4.22. The number of nitrogens with one attached hydrogen (secondary N) is 1. The second-order valence-corrected chi connectivity index (χ2v) is 6.03. The van der Waals surface area contributed by atoms with E-state index in [0.29, 0.717) is 17.8 Å². The molecule has 1 fully saturated rings. The van der Waals surface area contributed by atoms with Crippen LogP contribution in [-0.4, -0.2) is 18.1 Å². The van der Waals surface area contributed by atoms with E-state index < -0.39 is 0 Å². The maximum atomic E-state index is 4.83. The average Bonchev–Trinajstić information content (AvgIpc) is 2.45. The van der Waals surface area contributed by atoms with Crippen LogP contribution < -0.4 is 5.32 Å². The Kier molecular flexibility index (Phi) is 3.12. The van der Waals surface area contributed by atoms with Crippen molar-refractivity contribution in [2.75, 3.05) is 13.1 Å². The quantitative estimate of drug-likeness (QED) is 0.853. The van der Waals surface area contributed by atoms with Gasteiger partial charge in [-0.15, -0.1) is 11.3 Å². The summed E-state index contributed by atoms with van der Waals surface area (Å²) in [6, 6.07) is 0. The third-order valence-corrected chi connectivity index (χ3v) is 4.43. The van der Waals surface area contributed by atoms with Crippen molar-refractivity contribution < 1.29 is 0 Å². The van der Waals surface area contributed by atoms with E-state index in [4.69, 9.17) is 4.98 Å². The SMILES string of the molecule is CC(C)c1nc(C2CNC2)sc1C(C)C. The summed E-state index contributed by atoms with van der Waals surface area (Å²) in [7, 11) is 0. The zero-order valence-electron chi connectivity index (χ0n) is 10.0. The first-order valence-corrected chi connectivity index (χ1v) is 6.62. The molecule has 1 aliphatic rings. The monoisotopic (exact) mass is 224 g/mol. The Bertz CT molecular complexity index is 312. The Morgan fingerprint density at radius 3 is 2.20 bits per heavy atom. The number of thiazole rings is 1. The Labute approximate surface area is 96.1 Å². The molecule has 0 atom stereocenters. The van der Waals surface area contributed by atoms with E-state index in [1.807, 2.05) is 11.3 Å². The number of aromatic nitrogens is 1. The summed E-state index contributed by atoms with van der Waals surface area (Å²) >= 11 is 1.93. The number of nitrogens with zero attached hydrogens (tertiary/aromatic N) is 1. The minimum atomic E-state index is 0.556. The summed E-state index contributed by atoms with van der Waals surface area (Å²) in [4.78, 5) is 6.32. The molecule has 0 amide bonds. The maximum Gasteiger partial charge on any atom is 0.0987 e. The fourth-order valence-corrected chi connectivity index (χ4v) is 3.15. The Balaban J connectivity index is 2.30. The lowest BCUT2D eigenvalue weighted by atomic mass is 10.0. The van der Waals surface area contributed by atoms with Crippen LogP contribution in [0.4, 0.5) is 0 Å². The van der Waals surface area contributed by atoms with Crippen LogP contribution in [0.25, 0.3) is 0 Å². The van der Waals surface area contributed by atoms with Gasteiger partial charge in [0.15, 0.2) is 0 Å². The van der Waals surface area contributed by atoms with Crippen molar-refractivity contribution in [3.05, 3.63) is 15.6 Å². The molecule has 1 saturated heterocycles. The van der Waals surface area contributed by atoms with E-state index in [1.165, 1.54) is 15.6 Å². The van der Waals surface area contributed by atoms with E-state index in [9.17, 15) is 0 Å². The summed E-state index contributed by atoms with van der Waals surface area (Å²) < 4.78 is 0. The maximum absolute atomic E-state index is 4.83. The zero-order chi connectivity index (χ0) is 11.0. The highest BCUT2D eigenvalue weighted by molar-refractivity contribution is 7.12. The van der Waals surface area contributed by atoms with Gasteiger partial charge in [0, 0.05) is 23.9 Å². The van der Waals surface area contributed by atoms with Gasteiger partial charge in [-0.25, -0.2) is 4.98 Å². The minimum Gasteiger partial charge on any atom is -0.315 e. The van der Waals surface area contributed by atoms with Crippen molar-refractivity contribution in [2.24, 2.45) is 0 Å². The van der Waals surface area contributed by atoms with Crippen LogP contribution in [0.2, 0.25) is 0 Å². The Hall–Kier alpha value is -0.410. The van der Waals surface area contributed by atoms with E-state index in [2.05, 4.69) is 33.0 Å². The van der Waals surface area contributed by atoms with E-state index in [-0.39, 0.29) is 0 Å². The van der Waals surface area contributed by atoms with Crippen LogP contribution in [0.15, 0.2) is 0 Å². The van der Waals surface area contributed by atoms with Crippen molar-refractivity contribution >= 4 is 11.3 Å². The molecule has 0 bridgehead atoms. The van der Waals surface area contributed by atoms with Gasteiger partial charge in [0.05, 0.1) is 10.7 Å². The molecule has 1 N–H and O–H groups in total. The first-order valence-electron chi connectivity index (χ1n) is 5.80. The van der Waals surface area contributed by atoms with Crippen molar-refractivity contribution in [3.63, 3.8) is 0 Å². The summed E-state index contributed by atoms with van der Waals surface area (Å²) in [5, 5.41) is 4.66. The third kappa shape index (κ3) is 2.08. The first-order chi connectivity index (χ1) is 7.09. The fraction of sp³-hybridized carbons (Fsp3) is 0.750. The summed E-state index contributed by atoms with van der Waals surface area (Å²) in [5.74, 6) is 1.85. The third-order valence-electron chi connectivity index (χ3n) is 2.90. The van der Waals surface area contributed by atoms with Gasteiger partial charge in [-0.2, -0.15) is 0 Å². The van der Waals surface area contributed by atoms with Crippen LogP contribution in [0.1, 0.15) is 61.0 Å². The highest BCUT2D eigenvalue weighted by Crippen LogP contribution is 2.35. The van der Waals surface area contributed by atoms with Crippen molar-refractivity contribution in [2.45, 2.75) is 45.4 Å². The van der Waals surface area contributed by atoms with Gasteiger partial charge in [-0.1, -0.05) is 27.7 Å². The Morgan fingerprint density at radius 2 is 1.87 bits per heavy atom. The molecule has 2 rings (SSSR count). The summed E-state index contributed by atoms with van der Waals surface area (Å²) in [6.07, 6.45) is 0. The molecule has 1 aromatic heterocycles. The molecule has 0 aliphatic carbocycles. The van der Waals surface area contributed by atoms with Gasteiger partial charge in [-0.05, 0) is 11.8 Å². The molecule has 0 radical (unpaired) electrons. The van der Waals surface area contributed by atoms with Crippen LogP contribution in [0.3, 0.4) is 0 Å². The van der Waals surface area contributed by atoms with Gasteiger partial charge in [0.25, 0.3) is 0 Å². The van der Waals surface area contributed by atoms with Gasteiger partial charge in [-0.3, -0.25) is 0 Å². The molecule has 3 heteroatoms. The first kappa shape index (κ1) is 11.1. The van der Waals surface area contributed by atoms with Crippen LogP contribution >= 0.6 is 11.3 Å². The van der Waals surface area contributed by atoms with Crippen molar-refractivity contribution in [1.82, 2.24) is 10.3 Å². The molecule has 0 aromatic carbocycles. The topological polar surface area (TPSA) is 24.9 Å². The molecule has 0 unspecified atom stereocenters. The lowest BCUT2D eigenvalue weighted by molar-refractivity contribution is 0.446. The lowest BCUT2D eigenvalue weighted by Crippen LogP contribution is -2.39. The lowest BCUT2D eigenvalue weighted by Gasteiger charge is -2.24. The molecule has 1 aromatic rings. The molecule has 84 valence electrons. The molecule has 0 spiro atoms.